The number of halogens is 1. The lowest BCUT2D eigenvalue weighted by molar-refractivity contribution is -0.384. The SMILES string of the molecule is COc1cccc(/C=C2/N=C(c3ccc(Cl)c([N+](=O)[O-])c3)OC2=O)c1. The van der Waals surface area contributed by atoms with E-state index in [1.54, 1.807) is 37.5 Å². The predicted octanol–water partition coefficient (Wildman–Crippen LogP) is 3.60. The standard InChI is InChI=1S/C17H11ClN2O5/c1-24-12-4-2-3-10(7-12)8-14-17(21)25-16(19-14)11-5-6-13(18)15(9-11)20(22)23/h2-9H,1H3/b14-8+. The van der Waals surface area contributed by atoms with Crippen molar-refractivity contribution < 1.29 is 19.2 Å². The number of esters is 1. The Kier molecular flexibility index (Phi) is 4.49. The minimum Gasteiger partial charge on any atom is -0.497 e. The summed E-state index contributed by atoms with van der Waals surface area (Å²) in [5.41, 5.74) is 0.792. The van der Waals surface area contributed by atoms with Crippen LogP contribution in [0.2, 0.25) is 5.02 Å². The maximum Gasteiger partial charge on any atom is 0.363 e. The van der Waals surface area contributed by atoms with Crippen molar-refractivity contribution in [2.24, 2.45) is 4.99 Å². The van der Waals surface area contributed by atoms with Crippen LogP contribution >= 0.6 is 11.6 Å². The number of carbonyl (C=O) groups excluding carboxylic acids is 1. The van der Waals surface area contributed by atoms with Crippen molar-refractivity contribution in [3.05, 3.63) is 74.4 Å². The van der Waals surface area contributed by atoms with Crippen LogP contribution in [0.1, 0.15) is 11.1 Å². The molecule has 1 heterocycles. The second-order valence-corrected chi connectivity index (χ2v) is 5.44. The van der Waals surface area contributed by atoms with Gasteiger partial charge in [-0.2, -0.15) is 0 Å². The molecule has 0 amide bonds. The van der Waals surface area contributed by atoms with Gasteiger partial charge in [-0.3, -0.25) is 10.1 Å². The summed E-state index contributed by atoms with van der Waals surface area (Å²) in [6.07, 6.45) is 1.54. The van der Waals surface area contributed by atoms with Crippen molar-refractivity contribution in [3.63, 3.8) is 0 Å². The lowest BCUT2D eigenvalue weighted by atomic mass is 10.2. The van der Waals surface area contributed by atoms with Crippen molar-refractivity contribution >= 4 is 35.2 Å². The number of nitrogens with zero attached hydrogens (tertiary/aromatic N) is 2. The molecule has 0 radical (unpaired) electrons. The van der Waals surface area contributed by atoms with Crippen LogP contribution in [0.15, 0.2) is 53.2 Å². The molecule has 0 saturated heterocycles. The van der Waals surface area contributed by atoms with E-state index in [0.717, 1.165) is 0 Å². The third-order valence-corrected chi connectivity index (χ3v) is 3.73. The Labute approximate surface area is 147 Å². The molecule has 7 nitrogen and oxygen atoms in total. The Morgan fingerprint density at radius 2 is 2.08 bits per heavy atom. The van der Waals surface area contributed by atoms with Crippen LogP contribution < -0.4 is 4.74 Å². The summed E-state index contributed by atoms with van der Waals surface area (Å²) in [7, 11) is 1.54. The van der Waals surface area contributed by atoms with Crippen LogP contribution in [0.25, 0.3) is 6.08 Å². The van der Waals surface area contributed by atoms with Crippen LogP contribution in [-0.2, 0) is 9.53 Å². The molecule has 8 heteroatoms. The maximum absolute atomic E-state index is 12.0. The largest absolute Gasteiger partial charge is 0.497 e. The highest BCUT2D eigenvalue weighted by atomic mass is 35.5. The number of nitro groups is 1. The molecule has 2 aromatic carbocycles. The van der Waals surface area contributed by atoms with Gasteiger partial charge in [-0.1, -0.05) is 23.7 Å². The first-order chi connectivity index (χ1) is 12.0. The zero-order valence-corrected chi connectivity index (χ0v) is 13.7. The molecule has 3 rings (SSSR count). The highest BCUT2D eigenvalue weighted by Gasteiger charge is 2.26. The summed E-state index contributed by atoms with van der Waals surface area (Å²) in [5, 5.41) is 11.0. The first kappa shape index (κ1) is 16.7. The zero-order valence-electron chi connectivity index (χ0n) is 12.9. The summed E-state index contributed by atoms with van der Waals surface area (Å²) in [5.74, 6) is -0.0208. The quantitative estimate of drug-likeness (QED) is 0.360. The third kappa shape index (κ3) is 3.51. The van der Waals surface area contributed by atoms with Crippen molar-refractivity contribution in [1.82, 2.24) is 0 Å². The summed E-state index contributed by atoms with van der Waals surface area (Å²) >= 11 is 5.78. The summed E-state index contributed by atoms with van der Waals surface area (Å²) in [4.78, 5) is 26.5. The van der Waals surface area contributed by atoms with Crippen LogP contribution in [0, 0.1) is 10.1 Å². The molecule has 25 heavy (non-hydrogen) atoms. The Morgan fingerprint density at radius 3 is 2.80 bits per heavy atom. The van der Waals surface area contributed by atoms with Crippen LogP contribution in [0.5, 0.6) is 5.75 Å². The van der Waals surface area contributed by atoms with E-state index in [0.29, 0.717) is 16.9 Å². The lowest BCUT2D eigenvalue weighted by Gasteiger charge is -2.00. The topological polar surface area (TPSA) is 91.0 Å². The molecule has 126 valence electrons. The van der Waals surface area contributed by atoms with Gasteiger partial charge in [-0.05, 0) is 35.9 Å². The van der Waals surface area contributed by atoms with E-state index in [1.165, 1.54) is 18.2 Å². The van der Waals surface area contributed by atoms with Gasteiger partial charge in [0.1, 0.15) is 10.8 Å². The van der Waals surface area contributed by atoms with Gasteiger partial charge in [-0.25, -0.2) is 9.79 Å². The third-order valence-electron chi connectivity index (χ3n) is 3.41. The highest BCUT2D eigenvalue weighted by Crippen LogP contribution is 2.27. The molecule has 0 N–H and O–H groups in total. The number of hydrogen-bond acceptors (Lipinski definition) is 6. The average molecular weight is 359 g/mol. The molecule has 0 spiro atoms. The Morgan fingerprint density at radius 1 is 1.28 bits per heavy atom. The van der Waals surface area contributed by atoms with E-state index in [4.69, 9.17) is 21.1 Å². The molecular weight excluding hydrogens is 348 g/mol. The molecule has 0 saturated carbocycles. The number of carbonyl (C=O) groups is 1. The van der Waals surface area contributed by atoms with Crippen molar-refractivity contribution in [1.29, 1.82) is 0 Å². The van der Waals surface area contributed by atoms with Gasteiger partial charge in [-0.15, -0.1) is 0 Å². The van der Waals surface area contributed by atoms with Gasteiger partial charge in [0.05, 0.1) is 12.0 Å². The molecular formula is C17H11ClN2O5. The van der Waals surface area contributed by atoms with E-state index < -0.39 is 10.9 Å². The van der Waals surface area contributed by atoms with Gasteiger partial charge in [0.25, 0.3) is 5.69 Å². The van der Waals surface area contributed by atoms with Crippen molar-refractivity contribution in [2.45, 2.75) is 0 Å². The predicted molar refractivity (Wildman–Crippen MR) is 91.7 cm³/mol. The van der Waals surface area contributed by atoms with E-state index in [9.17, 15) is 14.9 Å². The highest BCUT2D eigenvalue weighted by molar-refractivity contribution is 6.32. The first-order valence-electron chi connectivity index (χ1n) is 7.09. The molecule has 1 aliphatic rings. The summed E-state index contributed by atoms with van der Waals surface area (Å²) in [6.45, 7) is 0. The fourth-order valence-corrected chi connectivity index (χ4v) is 2.39. The molecule has 0 unspecified atom stereocenters. The summed E-state index contributed by atoms with van der Waals surface area (Å²) in [6, 6.07) is 11.1. The molecule has 0 bridgehead atoms. The fraction of sp³-hybridized carbons (Fsp3) is 0.0588. The number of benzene rings is 2. The molecule has 1 aliphatic heterocycles. The van der Waals surface area contributed by atoms with Gasteiger partial charge >= 0.3 is 5.97 Å². The molecule has 0 aromatic heterocycles. The maximum atomic E-state index is 12.0. The number of cyclic esters (lactones) is 1. The summed E-state index contributed by atoms with van der Waals surface area (Å²) < 4.78 is 10.2. The number of aliphatic imine (C=N–C) groups is 1. The monoisotopic (exact) mass is 358 g/mol. The van der Waals surface area contributed by atoms with Crippen molar-refractivity contribution in [3.8, 4) is 5.75 Å². The molecule has 0 aliphatic carbocycles. The van der Waals surface area contributed by atoms with E-state index >= 15 is 0 Å². The number of nitro benzene ring substituents is 1. The lowest BCUT2D eigenvalue weighted by Crippen LogP contribution is -2.06. The minimum absolute atomic E-state index is 0.00850. The van der Waals surface area contributed by atoms with E-state index in [2.05, 4.69) is 4.99 Å². The number of methoxy groups -OCH3 is 1. The van der Waals surface area contributed by atoms with E-state index in [-0.39, 0.29) is 22.3 Å². The molecule has 0 atom stereocenters. The Bertz CT molecular complexity index is 936. The van der Waals surface area contributed by atoms with Crippen LogP contribution in [0.3, 0.4) is 0 Å². The Balaban J connectivity index is 1.96. The van der Waals surface area contributed by atoms with Crippen LogP contribution in [0.4, 0.5) is 5.69 Å². The smallest absolute Gasteiger partial charge is 0.363 e. The number of ether oxygens (including phenoxy) is 2. The Hall–Kier alpha value is -3.19. The van der Waals surface area contributed by atoms with Crippen LogP contribution in [-0.4, -0.2) is 23.9 Å². The van der Waals surface area contributed by atoms with Gasteiger partial charge in [0.2, 0.25) is 5.90 Å². The van der Waals surface area contributed by atoms with Gasteiger partial charge in [0.15, 0.2) is 5.70 Å². The fourth-order valence-electron chi connectivity index (χ4n) is 2.21. The average Bonchev–Trinajstić information content (AvgIpc) is 2.96. The second-order valence-electron chi connectivity index (χ2n) is 5.04. The van der Waals surface area contributed by atoms with Gasteiger partial charge in [0, 0.05) is 11.6 Å². The molecule has 0 fully saturated rings. The minimum atomic E-state index is -0.643. The number of rotatable bonds is 4. The second kappa shape index (κ2) is 6.74. The number of hydrogen-bond donors (Lipinski definition) is 0. The molecule has 2 aromatic rings. The first-order valence-corrected chi connectivity index (χ1v) is 7.46. The van der Waals surface area contributed by atoms with E-state index in [1.807, 2.05) is 0 Å². The van der Waals surface area contributed by atoms with Gasteiger partial charge < -0.3 is 9.47 Å². The van der Waals surface area contributed by atoms with Crippen molar-refractivity contribution in [2.75, 3.05) is 7.11 Å². The normalized spacial score (nSPS) is 15.0. The zero-order chi connectivity index (χ0) is 18.0.